The van der Waals surface area contributed by atoms with Gasteiger partial charge in [0.25, 0.3) is 11.8 Å². The van der Waals surface area contributed by atoms with Crippen molar-refractivity contribution in [1.29, 1.82) is 0 Å². The lowest BCUT2D eigenvalue weighted by molar-refractivity contribution is -0.119. The molecule has 44 heavy (non-hydrogen) atoms. The molecule has 12 heteroatoms. The first kappa shape index (κ1) is 33.3. The second-order valence-electron chi connectivity index (χ2n) is 11.9. The summed E-state index contributed by atoms with van der Waals surface area (Å²) < 4.78 is 28.3. The zero-order valence-corrected chi connectivity index (χ0v) is 27.5. The van der Waals surface area contributed by atoms with Crippen molar-refractivity contribution in [2.24, 2.45) is 11.8 Å². The normalized spacial score (nSPS) is 13.6. The maximum atomic E-state index is 13.4. The number of thiophene rings is 1. The third-order valence-corrected chi connectivity index (χ3v) is 10.1. The molecule has 3 N–H and O–H groups in total. The van der Waals surface area contributed by atoms with Crippen LogP contribution < -0.4 is 16.2 Å². The van der Waals surface area contributed by atoms with Crippen molar-refractivity contribution in [1.82, 2.24) is 20.1 Å². The van der Waals surface area contributed by atoms with Gasteiger partial charge in [-0.05, 0) is 53.6 Å². The number of anilines is 1. The summed E-state index contributed by atoms with van der Waals surface area (Å²) in [5.41, 5.74) is 7.37. The Bertz CT molecular complexity index is 1570. The van der Waals surface area contributed by atoms with E-state index in [9.17, 15) is 22.8 Å². The van der Waals surface area contributed by atoms with Gasteiger partial charge in [-0.15, -0.1) is 11.3 Å². The number of sulfonamides is 1. The van der Waals surface area contributed by atoms with E-state index in [1.807, 2.05) is 45.9 Å². The quantitative estimate of drug-likeness (QED) is 0.262. The molecule has 236 valence electrons. The Balaban J connectivity index is 1.56. The first-order chi connectivity index (χ1) is 20.8. The second-order valence-corrected chi connectivity index (χ2v) is 14.9. The molecule has 3 amide bonds. The molecule has 4 rings (SSSR count). The first-order valence-corrected chi connectivity index (χ1v) is 17.0. The molecule has 0 radical (unpaired) electrons. The molecule has 0 unspecified atom stereocenters. The van der Waals surface area contributed by atoms with Gasteiger partial charge in [-0.3, -0.25) is 30.1 Å². The summed E-state index contributed by atoms with van der Waals surface area (Å²) in [4.78, 5) is 41.4. The third-order valence-electron chi connectivity index (χ3n) is 7.08. The van der Waals surface area contributed by atoms with E-state index in [0.717, 1.165) is 23.5 Å². The van der Waals surface area contributed by atoms with E-state index >= 15 is 0 Å². The number of fused-ring (bicyclic) bond motifs is 1. The van der Waals surface area contributed by atoms with Crippen LogP contribution in [0.3, 0.4) is 0 Å². The highest BCUT2D eigenvalue weighted by atomic mass is 32.2. The predicted molar refractivity (Wildman–Crippen MR) is 173 cm³/mol. The van der Waals surface area contributed by atoms with Crippen molar-refractivity contribution in [3.05, 3.63) is 81.7 Å². The van der Waals surface area contributed by atoms with E-state index in [2.05, 4.69) is 33.2 Å². The topological polar surface area (TPSA) is 128 Å². The Kier molecular flexibility index (Phi) is 11.0. The Morgan fingerprint density at radius 3 is 2.14 bits per heavy atom. The zero-order valence-electron chi connectivity index (χ0n) is 25.8. The molecule has 0 fully saturated rings. The number of carbonyl (C=O) groups is 3. The van der Waals surface area contributed by atoms with Gasteiger partial charge in [0.2, 0.25) is 15.9 Å². The molecule has 0 bridgehead atoms. The lowest BCUT2D eigenvalue weighted by atomic mass is 10.0. The van der Waals surface area contributed by atoms with Crippen LogP contribution in [0.15, 0.2) is 59.5 Å². The molecule has 1 aromatic heterocycles. The molecule has 0 aliphatic carbocycles. The molecular formula is C32H41N5O5S2. The second kappa shape index (κ2) is 14.5. The van der Waals surface area contributed by atoms with Gasteiger partial charge in [0, 0.05) is 50.1 Å². The molecule has 0 atom stereocenters. The van der Waals surface area contributed by atoms with E-state index in [4.69, 9.17) is 0 Å². The fourth-order valence-electron chi connectivity index (χ4n) is 5.16. The predicted octanol–water partition coefficient (Wildman–Crippen LogP) is 4.64. The van der Waals surface area contributed by atoms with E-state index in [1.165, 1.54) is 52.4 Å². The minimum Gasteiger partial charge on any atom is -0.313 e. The summed E-state index contributed by atoms with van der Waals surface area (Å²) in [6, 6.07) is 16.0. The molecule has 0 saturated carbocycles. The number of nitrogens with zero attached hydrogens (tertiary/aromatic N) is 2. The fourth-order valence-corrected chi connectivity index (χ4v) is 8.21. The Morgan fingerprint density at radius 1 is 0.909 bits per heavy atom. The van der Waals surface area contributed by atoms with Crippen LogP contribution in [0.1, 0.15) is 71.3 Å². The molecule has 0 saturated heterocycles. The molecule has 1 aliphatic heterocycles. The van der Waals surface area contributed by atoms with Crippen LogP contribution in [0.5, 0.6) is 0 Å². The summed E-state index contributed by atoms with van der Waals surface area (Å²) in [7, 11) is -3.74. The Morgan fingerprint density at radius 2 is 1.55 bits per heavy atom. The number of benzene rings is 2. The standard InChI is InChI=1S/C32H41N5O5S2/c1-21(2)17-37(18-22(3)4)44(41,42)26-13-11-25(12-14-26)30(39)33-32-29(31(40)35-34-23(5)38)27-15-16-36(20-28(27)43-32)19-24-9-7-6-8-10-24/h6-14,21-22H,15-20H2,1-5H3,(H,33,39)(H,34,38)(H,35,40). The van der Waals surface area contributed by atoms with Gasteiger partial charge < -0.3 is 5.32 Å². The van der Waals surface area contributed by atoms with Crippen LogP contribution in [0.2, 0.25) is 0 Å². The van der Waals surface area contributed by atoms with Crippen molar-refractivity contribution >= 4 is 44.1 Å². The lowest BCUT2D eigenvalue weighted by Gasteiger charge is -2.27. The van der Waals surface area contributed by atoms with Crippen LogP contribution in [0, 0.1) is 11.8 Å². The molecule has 2 aromatic carbocycles. The van der Waals surface area contributed by atoms with Crippen molar-refractivity contribution in [3.63, 3.8) is 0 Å². The van der Waals surface area contributed by atoms with E-state index in [0.29, 0.717) is 36.6 Å². The number of hydrazine groups is 1. The molecule has 2 heterocycles. The average molecular weight is 640 g/mol. The van der Waals surface area contributed by atoms with Gasteiger partial charge in [0.15, 0.2) is 0 Å². The monoisotopic (exact) mass is 639 g/mol. The Hall–Kier alpha value is -3.58. The lowest BCUT2D eigenvalue weighted by Crippen LogP contribution is -2.41. The highest BCUT2D eigenvalue weighted by molar-refractivity contribution is 7.89. The maximum absolute atomic E-state index is 13.4. The van der Waals surface area contributed by atoms with Crippen molar-refractivity contribution in [2.75, 3.05) is 25.0 Å². The number of hydrogen-bond acceptors (Lipinski definition) is 7. The van der Waals surface area contributed by atoms with E-state index in [1.54, 1.807) is 0 Å². The summed E-state index contributed by atoms with van der Waals surface area (Å²) in [5, 5.41) is 3.25. The number of nitrogens with one attached hydrogen (secondary N) is 3. The highest BCUT2D eigenvalue weighted by Crippen LogP contribution is 2.38. The molecule has 3 aromatic rings. The SMILES string of the molecule is CC(=O)NNC(=O)c1c(NC(=O)c2ccc(S(=O)(=O)N(CC(C)C)CC(C)C)cc2)sc2c1CCN(Cc1ccccc1)C2. The zero-order chi connectivity index (χ0) is 32.0. The molecule has 1 aliphatic rings. The maximum Gasteiger partial charge on any atom is 0.272 e. The smallest absolute Gasteiger partial charge is 0.272 e. The van der Waals surface area contributed by atoms with Crippen LogP contribution in [-0.2, 0) is 34.3 Å². The van der Waals surface area contributed by atoms with E-state index in [-0.39, 0.29) is 22.3 Å². The summed E-state index contributed by atoms with van der Waals surface area (Å²) in [5.74, 6) is -1.08. The van der Waals surface area contributed by atoms with Gasteiger partial charge in [0.1, 0.15) is 5.00 Å². The van der Waals surface area contributed by atoms with Crippen LogP contribution >= 0.6 is 11.3 Å². The van der Waals surface area contributed by atoms with Crippen molar-refractivity contribution < 1.29 is 22.8 Å². The Labute approximate surface area is 263 Å². The average Bonchev–Trinajstić information content (AvgIpc) is 3.32. The molecule has 0 spiro atoms. The summed E-state index contributed by atoms with van der Waals surface area (Å²) in [6.45, 7) is 12.1. The first-order valence-electron chi connectivity index (χ1n) is 14.7. The van der Waals surface area contributed by atoms with Gasteiger partial charge in [0.05, 0.1) is 10.5 Å². The third kappa shape index (κ3) is 8.32. The van der Waals surface area contributed by atoms with Gasteiger partial charge >= 0.3 is 0 Å². The largest absolute Gasteiger partial charge is 0.313 e. The molecular weight excluding hydrogens is 599 g/mol. The van der Waals surface area contributed by atoms with Crippen LogP contribution in [0.25, 0.3) is 0 Å². The fraction of sp³-hybridized carbons (Fsp3) is 0.406. The van der Waals surface area contributed by atoms with Crippen molar-refractivity contribution in [3.8, 4) is 0 Å². The van der Waals surface area contributed by atoms with E-state index < -0.39 is 27.7 Å². The van der Waals surface area contributed by atoms with Crippen molar-refractivity contribution in [2.45, 2.75) is 59.0 Å². The summed E-state index contributed by atoms with van der Waals surface area (Å²) >= 11 is 1.33. The number of rotatable bonds is 11. The molecule has 10 nitrogen and oxygen atoms in total. The highest BCUT2D eigenvalue weighted by Gasteiger charge is 2.30. The minimum absolute atomic E-state index is 0.121. The number of hydrogen-bond donors (Lipinski definition) is 3. The summed E-state index contributed by atoms with van der Waals surface area (Å²) in [6.07, 6.45) is 0.604. The number of amides is 3. The number of carbonyl (C=O) groups excluding carboxylic acids is 3. The van der Waals surface area contributed by atoms with Gasteiger partial charge in [-0.25, -0.2) is 8.42 Å². The van der Waals surface area contributed by atoms with Crippen LogP contribution in [-0.4, -0.2) is 55.0 Å². The van der Waals surface area contributed by atoms with Gasteiger partial charge in [-0.2, -0.15) is 4.31 Å². The van der Waals surface area contributed by atoms with Gasteiger partial charge in [-0.1, -0.05) is 58.0 Å². The minimum atomic E-state index is -3.74. The van der Waals surface area contributed by atoms with Crippen LogP contribution in [0.4, 0.5) is 5.00 Å².